The van der Waals surface area contributed by atoms with Crippen LogP contribution in [0.15, 0.2) is 0 Å². The molecule has 0 aromatic carbocycles. The highest BCUT2D eigenvalue weighted by molar-refractivity contribution is 5.85. The maximum absolute atomic E-state index is 11.6. The van der Waals surface area contributed by atoms with Crippen molar-refractivity contribution in [2.24, 2.45) is 5.92 Å². The van der Waals surface area contributed by atoms with Crippen molar-refractivity contribution in [1.29, 1.82) is 0 Å². The summed E-state index contributed by atoms with van der Waals surface area (Å²) in [6, 6.07) is 0. The lowest BCUT2D eigenvalue weighted by molar-refractivity contribution is -0.126. The van der Waals surface area contributed by atoms with E-state index in [-0.39, 0.29) is 5.91 Å². The number of amides is 1. The Kier molecular flexibility index (Phi) is 3.93. The third-order valence-electron chi connectivity index (χ3n) is 2.96. The van der Waals surface area contributed by atoms with Crippen LogP contribution in [0.4, 0.5) is 0 Å². The van der Waals surface area contributed by atoms with Gasteiger partial charge in [0.05, 0.1) is 5.54 Å². The van der Waals surface area contributed by atoms with Crippen LogP contribution in [0, 0.1) is 5.92 Å². The molecule has 1 rings (SSSR count). The van der Waals surface area contributed by atoms with E-state index in [4.69, 9.17) is 0 Å². The SMILES string of the molecule is CNC(C)(C)C(=O)NCCCC1CC1. The molecule has 14 heavy (non-hydrogen) atoms. The molecule has 0 unspecified atom stereocenters. The lowest BCUT2D eigenvalue weighted by Gasteiger charge is -2.22. The van der Waals surface area contributed by atoms with Crippen molar-refractivity contribution < 1.29 is 4.79 Å². The van der Waals surface area contributed by atoms with Crippen molar-refractivity contribution in [3.8, 4) is 0 Å². The Bertz CT molecular complexity index is 197. The Morgan fingerprint density at radius 1 is 1.43 bits per heavy atom. The van der Waals surface area contributed by atoms with E-state index in [1.807, 2.05) is 20.9 Å². The summed E-state index contributed by atoms with van der Waals surface area (Å²) in [5, 5.41) is 5.95. The Labute approximate surface area is 86.6 Å². The molecule has 1 aliphatic carbocycles. The van der Waals surface area contributed by atoms with E-state index in [0.717, 1.165) is 18.9 Å². The minimum Gasteiger partial charge on any atom is -0.355 e. The number of rotatable bonds is 6. The van der Waals surface area contributed by atoms with E-state index < -0.39 is 5.54 Å². The Hall–Kier alpha value is -0.570. The Morgan fingerprint density at radius 2 is 2.07 bits per heavy atom. The van der Waals surface area contributed by atoms with Crippen LogP contribution in [0.25, 0.3) is 0 Å². The van der Waals surface area contributed by atoms with E-state index in [1.165, 1.54) is 19.3 Å². The number of nitrogens with one attached hydrogen (secondary N) is 2. The van der Waals surface area contributed by atoms with Crippen LogP contribution in [0.1, 0.15) is 39.5 Å². The first-order chi connectivity index (χ1) is 6.56. The first kappa shape index (κ1) is 11.5. The topological polar surface area (TPSA) is 41.1 Å². The molecule has 0 heterocycles. The van der Waals surface area contributed by atoms with Crippen molar-refractivity contribution in [2.45, 2.75) is 45.1 Å². The molecule has 1 saturated carbocycles. The molecule has 0 spiro atoms. The monoisotopic (exact) mass is 198 g/mol. The molecule has 0 aromatic heterocycles. The molecule has 3 nitrogen and oxygen atoms in total. The van der Waals surface area contributed by atoms with Crippen LogP contribution < -0.4 is 10.6 Å². The van der Waals surface area contributed by atoms with E-state index in [1.54, 1.807) is 0 Å². The van der Waals surface area contributed by atoms with Gasteiger partial charge < -0.3 is 10.6 Å². The predicted octanol–water partition coefficient (Wildman–Crippen LogP) is 1.29. The molecular formula is C11H22N2O. The number of likely N-dealkylation sites (N-methyl/N-ethyl adjacent to an activating group) is 1. The average Bonchev–Trinajstić information content (AvgIpc) is 2.95. The van der Waals surface area contributed by atoms with Gasteiger partial charge in [0.2, 0.25) is 5.91 Å². The molecule has 1 aliphatic rings. The number of hydrogen-bond acceptors (Lipinski definition) is 2. The highest BCUT2D eigenvalue weighted by atomic mass is 16.2. The molecule has 2 N–H and O–H groups in total. The zero-order chi connectivity index (χ0) is 10.6. The Balaban J connectivity index is 2.07. The van der Waals surface area contributed by atoms with E-state index in [2.05, 4.69) is 10.6 Å². The summed E-state index contributed by atoms with van der Waals surface area (Å²) >= 11 is 0. The minimum absolute atomic E-state index is 0.0933. The number of hydrogen-bond donors (Lipinski definition) is 2. The highest BCUT2D eigenvalue weighted by Crippen LogP contribution is 2.33. The first-order valence-corrected chi connectivity index (χ1v) is 5.53. The zero-order valence-electron chi connectivity index (χ0n) is 9.52. The van der Waals surface area contributed by atoms with Crippen LogP contribution >= 0.6 is 0 Å². The number of carbonyl (C=O) groups is 1. The summed E-state index contributed by atoms with van der Waals surface area (Å²) in [4.78, 5) is 11.6. The van der Waals surface area contributed by atoms with Crippen molar-refractivity contribution in [3.63, 3.8) is 0 Å². The molecule has 0 aliphatic heterocycles. The van der Waals surface area contributed by atoms with Gasteiger partial charge in [-0.05, 0) is 39.7 Å². The van der Waals surface area contributed by atoms with E-state index >= 15 is 0 Å². The van der Waals surface area contributed by atoms with Gasteiger partial charge >= 0.3 is 0 Å². The average molecular weight is 198 g/mol. The number of carbonyl (C=O) groups excluding carboxylic acids is 1. The molecule has 0 radical (unpaired) electrons. The van der Waals surface area contributed by atoms with Gasteiger partial charge in [-0.2, -0.15) is 0 Å². The predicted molar refractivity (Wildman–Crippen MR) is 58.1 cm³/mol. The van der Waals surface area contributed by atoms with Gasteiger partial charge in [-0.15, -0.1) is 0 Å². The maximum atomic E-state index is 11.6. The fourth-order valence-corrected chi connectivity index (χ4v) is 1.33. The maximum Gasteiger partial charge on any atom is 0.239 e. The van der Waals surface area contributed by atoms with Gasteiger partial charge in [0.1, 0.15) is 0 Å². The molecule has 3 heteroatoms. The third kappa shape index (κ3) is 3.66. The summed E-state index contributed by atoms with van der Waals surface area (Å²) in [7, 11) is 1.81. The lowest BCUT2D eigenvalue weighted by atomic mass is 10.1. The van der Waals surface area contributed by atoms with E-state index in [9.17, 15) is 4.79 Å². The standard InChI is InChI=1S/C11H22N2O/c1-11(2,12-3)10(14)13-8-4-5-9-6-7-9/h9,12H,4-8H2,1-3H3,(H,13,14). The van der Waals surface area contributed by atoms with Gasteiger partial charge in [-0.3, -0.25) is 4.79 Å². The molecule has 82 valence electrons. The lowest BCUT2D eigenvalue weighted by Crippen LogP contribution is -2.51. The molecule has 0 atom stereocenters. The van der Waals surface area contributed by atoms with Crippen molar-refractivity contribution >= 4 is 5.91 Å². The van der Waals surface area contributed by atoms with Crippen molar-refractivity contribution in [1.82, 2.24) is 10.6 Å². The molecule has 1 fully saturated rings. The van der Waals surface area contributed by atoms with Gasteiger partial charge in [-0.1, -0.05) is 12.8 Å². The summed E-state index contributed by atoms with van der Waals surface area (Å²) in [6.07, 6.45) is 5.20. The second kappa shape index (κ2) is 4.78. The van der Waals surface area contributed by atoms with Crippen molar-refractivity contribution in [3.05, 3.63) is 0 Å². The van der Waals surface area contributed by atoms with Crippen LogP contribution in [0.5, 0.6) is 0 Å². The first-order valence-electron chi connectivity index (χ1n) is 5.53. The largest absolute Gasteiger partial charge is 0.355 e. The molecule has 1 amide bonds. The normalized spacial score (nSPS) is 16.8. The van der Waals surface area contributed by atoms with Crippen LogP contribution in [0.2, 0.25) is 0 Å². The minimum atomic E-state index is -0.445. The third-order valence-corrected chi connectivity index (χ3v) is 2.96. The summed E-state index contributed by atoms with van der Waals surface area (Å²) in [6.45, 7) is 4.60. The summed E-state index contributed by atoms with van der Waals surface area (Å²) in [5.74, 6) is 1.06. The molecular weight excluding hydrogens is 176 g/mol. The molecule has 0 aromatic rings. The van der Waals surface area contributed by atoms with Crippen LogP contribution in [-0.2, 0) is 4.79 Å². The van der Waals surface area contributed by atoms with Crippen LogP contribution in [-0.4, -0.2) is 25.0 Å². The van der Waals surface area contributed by atoms with Gasteiger partial charge in [-0.25, -0.2) is 0 Å². The smallest absolute Gasteiger partial charge is 0.239 e. The van der Waals surface area contributed by atoms with Crippen molar-refractivity contribution in [2.75, 3.05) is 13.6 Å². The molecule has 0 saturated heterocycles. The quantitative estimate of drug-likeness (QED) is 0.631. The van der Waals surface area contributed by atoms with Gasteiger partial charge in [0.25, 0.3) is 0 Å². The second-order valence-electron chi connectivity index (χ2n) is 4.72. The summed E-state index contributed by atoms with van der Waals surface area (Å²) < 4.78 is 0. The molecule has 0 bridgehead atoms. The fraction of sp³-hybridized carbons (Fsp3) is 0.909. The Morgan fingerprint density at radius 3 is 2.57 bits per heavy atom. The second-order valence-corrected chi connectivity index (χ2v) is 4.72. The van der Waals surface area contributed by atoms with Crippen LogP contribution in [0.3, 0.4) is 0 Å². The van der Waals surface area contributed by atoms with E-state index in [0.29, 0.717) is 0 Å². The zero-order valence-corrected chi connectivity index (χ0v) is 9.52. The summed E-state index contributed by atoms with van der Waals surface area (Å²) in [5.41, 5.74) is -0.445. The highest BCUT2D eigenvalue weighted by Gasteiger charge is 2.25. The fourth-order valence-electron chi connectivity index (χ4n) is 1.33. The van der Waals surface area contributed by atoms with Gasteiger partial charge in [0.15, 0.2) is 0 Å². The van der Waals surface area contributed by atoms with Gasteiger partial charge in [0, 0.05) is 6.54 Å².